The number of ether oxygens (including phenoxy) is 1. The lowest BCUT2D eigenvalue weighted by atomic mass is 10.1. The van der Waals surface area contributed by atoms with Gasteiger partial charge in [-0.15, -0.1) is 0 Å². The van der Waals surface area contributed by atoms with Crippen molar-refractivity contribution in [2.24, 2.45) is 0 Å². The van der Waals surface area contributed by atoms with Crippen molar-refractivity contribution in [3.05, 3.63) is 34.4 Å². The second kappa shape index (κ2) is 4.49. The van der Waals surface area contributed by atoms with Crippen molar-refractivity contribution in [1.29, 1.82) is 0 Å². The molecule has 0 saturated carbocycles. The Morgan fingerprint density at radius 3 is 2.62 bits per heavy atom. The second-order valence-electron chi connectivity index (χ2n) is 3.06. The fraction of sp³-hybridized carbons (Fsp3) is 0.0909. The summed E-state index contributed by atoms with van der Waals surface area (Å²) in [6.07, 6.45) is 0.708. The summed E-state index contributed by atoms with van der Waals surface area (Å²) in [7, 11) is 1.59. The third kappa shape index (κ3) is 1.86. The topological polar surface area (TPSA) is 52.3 Å². The maximum Gasteiger partial charge on any atom is 0.178 e. The van der Waals surface area contributed by atoms with Crippen LogP contribution in [0.25, 0.3) is 11.3 Å². The summed E-state index contributed by atoms with van der Waals surface area (Å²) in [6, 6.07) is 7.19. The lowest BCUT2D eigenvalue weighted by molar-refractivity contribution is 0.112. The van der Waals surface area contributed by atoms with Crippen molar-refractivity contribution in [1.82, 2.24) is 5.16 Å². The Morgan fingerprint density at radius 1 is 1.38 bits per heavy atom. The first kappa shape index (κ1) is 10.9. The first-order valence-corrected chi connectivity index (χ1v) is 5.30. The van der Waals surface area contributed by atoms with Crippen LogP contribution in [0.15, 0.2) is 33.4 Å². The number of carbonyl (C=O) groups excluding carboxylic acids is 1. The van der Waals surface area contributed by atoms with Gasteiger partial charge in [0.25, 0.3) is 0 Å². The van der Waals surface area contributed by atoms with Crippen molar-refractivity contribution in [2.45, 2.75) is 0 Å². The number of nitrogens with zero attached hydrogens (tertiary/aromatic N) is 1. The number of hydrogen-bond donors (Lipinski definition) is 0. The number of benzene rings is 1. The van der Waals surface area contributed by atoms with E-state index in [0.717, 1.165) is 11.3 Å². The van der Waals surface area contributed by atoms with Crippen molar-refractivity contribution < 1.29 is 14.1 Å². The number of halogens is 1. The van der Waals surface area contributed by atoms with Gasteiger partial charge < -0.3 is 9.26 Å². The number of hydrogen-bond acceptors (Lipinski definition) is 4. The van der Waals surface area contributed by atoms with Gasteiger partial charge in [0, 0.05) is 5.56 Å². The van der Waals surface area contributed by atoms with Gasteiger partial charge in [0.15, 0.2) is 16.6 Å². The molecule has 0 radical (unpaired) electrons. The molecule has 5 heteroatoms. The van der Waals surface area contributed by atoms with Crippen LogP contribution in [-0.2, 0) is 0 Å². The molecular weight excluding hydrogens is 274 g/mol. The van der Waals surface area contributed by atoms with Crippen LogP contribution in [0.4, 0.5) is 0 Å². The molecule has 0 saturated heterocycles. The molecule has 16 heavy (non-hydrogen) atoms. The maximum atomic E-state index is 10.9. The molecule has 82 valence electrons. The van der Waals surface area contributed by atoms with E-state index in [1.807, 2.05) is 0 Å². The molecule has 1 aromatic heterocycles. The molecule has 2 aromatic rings. The Morgan fingerprint density at radius 2 is 2.06 bits per heavy atom. The molecule has 0 aliphatic carbocycles. The molecule has 0 bridgehead atoms. The van der Waals surface area contributed by atoms with Crippen molar-refractivity contribution in [3.8, 4) is 17.1 Å². The average molecular weight is 282 g/mol. The first-order valence-electron chi connectivity index (χ1n) is 4.51. The molecule has 0 aliphatic rings. The predicted molar refractivity (Wildman–Crippen MR) is 61.6 cm³/mol. The van der Waals surface area contributed by atoms with Crippen LogP contribution in [0.5, 0.6) is 5.75 Å². The zero-order valence-corrected chi connectivity index (χ0v) is 10.0. The summed E-state index contributed by atoms with van der Waals surface area (Å²) in [4.78, 5) is 10.9. The van der Waals surface area contributed by atoms with E-state index in [1.54, 1.807) is 31.4 Å². The summed E-state index contributed by atoms with van der Waals surface area (Å²) in [5.41, 5.74) is 1.19. The van der Waals surface area contributed by atoms with E-state index >= 15 is 0 Å². The van der Waals surface area contributed by atoms with Crippen molar-refractivity contribution >= 4 is 22.2 Å². The highest BCUT2D eigenvalue weighted by Crippen LogP contribution is 2.28. The third-order valence-corrected chi connectivity index (χ3v) is 2.73. The Kier molecular flexibility index (Phi) is 3.05. The Balaban J connectivity index is 2.46. The summed E-state index contributed by atoms with van der Waals surface area (Å²) < 4.78 is 10.5. The van der Waals surface area contributed by atoms with E-state index < -0.39 is 0 Å². The molecule has 0 aliphatic heterocycles. The average Bonchev–Trinajstić information content (AvgIpc) is 2.70. The molecule has 0 amide bonds. The van der Waals surface area contributed by atoms with Gasteiger partial charge in [0.05, 0.1) is 12.7 Å². The van der Waals surface area contributed by atoms with Gasteiger partial charge in [-0.25, -0.2) is 0 Å². The molecule has 0 fully saturated rings. The lowest BCUT2D eigenvalue weighted by Crippen LogP contribution is -1.85. The van der Waals surface area contributed by atoms with E-state index in [0.29, 0.717) is 22.2 Å². The summed E-state index contributed by atoms with van der Waals surface area (Å²) >= 11 is 3.14. The fourth-order valence-electron chi connectivity index (χ4n) is 1.33. The maximum absolute atomic E-state index is 10.9. The molecule has 4 nitrogen and oxygen atoms in total. The Bertz CT molecular complexity index is 504. The van der Waals surface area contributed by atoms with E-state index in [4.69, 9.17) is 9.26 Å². The van der Waals surface area contributed by atoms with Crippen LogP contribution in [0.2, 0.25) is 0 Å². The van der Waals surface area contributed by atoms with E-state index in [-0.39, 0.29) is 0 Å². The predicted octanol–water partition coefficient (Wildman–Crippen LogP) is 2.93. The monoisotopic (exact) mass is 281 g/mol. The second-order valence-corrected chi connectivity index (χ2v) is 3.81. The minimum Gasteiger partial charge on any atom is -0.497 e. The van der Waals surface area contributed by atoms with Crippen molar-refractivity contribution in [3.63, 3.8) is 0 Å². The van der Waals surface area contributed by atoms with Gasteiger partial charge in [-0.2, -0.15) is 0 Å². The van der Waals surface area contributed by atoms with Gasteiger partial charge in [0.2, 0.25) is 0 Å². The first-order chi connectivity index (χ1) is 7.76. The molecular formula is C11H8BrNO3. The highest BCUT2D eigenvalue weighted by atomic mass is 79.9. The minimum absolute atomic E-state index is 0.408. The molecule has 0 unspecified atom stereocenters. The van der Waals surface area contributed by atoms with Gasteiger partial charge in [0.1, 0.15) is 5.75 Å². The normalized spacial score (nSPS) is 10.1. The smallest absolute Gasteiger partial charge is 0.178 e. The number of aldehydes is 1. The quantitative estimate of drug-likeness (QED) is 0.812. The van der Waals surface area contributed by atoms with Crippen LogP contribution >= 0.6 is 15.9 Å². The Hall–Kier alpha value is -1.62. The highest BCUT2D eigenvalue weighted by molar-refractivity contribution is 9.10. The molecule has 1 heterocycles. The third-order valence-electron chi connectivity index (χ3n) is 2.15. The molecule has 0 atom stereocenters. The lowest BCUT2D eigenvalue weighted by Gasteiger charge is -2.00. The van der Waals surface area contributed by atoms with Crippen LogP contribution in [-0.4, -0.2) is 18.6 Å². The van der Waals surface area contributed by atoms with Crippen molar-refractivity contribution in [2.75, 3.05) is 7.11 Å². The molecule has 2 rings (SSSR count). The van der Waals surface area contributed by atoms with Gasteiger partial charge in [-0.3, -0.25) is 4.79 Å². The molecule has 0 N–H and O–H groups in total. The van der Waals surface area contributed by atoms with E-state index in [1.165, 1.54) is 0 Å². The SMILES string of the molecule is COc1ccc(-c2onc(Br)c2C=O)cc1. The standard InChI is InChI=1S/C11H8BrNO3/c1-15-8-4-2-7(3-5-8)10-9(6-14)11(12)13-16-10/h2-6H,1H3. The number of methoxy groups -OCH3 is 1. The van der Waals surface area contributed by atoms with E-state index in [9.17, 15) is 4.79 Å². The number of carbonyl (C=O) groups is 1. The van der Waals surface area contributed by atoms with Crippen LogP contribution < -0.4 is 4.74 Å². The van der Waals surface area contributed by atoms with Gasteiger partial charge in [-0.05, 0) is 40.2 Å². The fourth-order valence-corrected chi connectivity index (χ4v) is 1.68. The molecule has 1 aromatic carbocycles. The summed E-state index contributed by atoms with van der Waals surface area (Å²) in [5, 5.41) is 3.69. The zero-order chi connectivity index (χ0) is 11.5. The zero-order valence-electron chi connectivity index (χ0n) is 8.44. The van der Waals surface area contributed by atoms with Gasteiger partial charge >= 0.3 is 0 Å². The summed E-state index contributed by atoms with van der Waals surface area (Å²) in [5.74, 6) is 1.19. The molecule has 0 spiro atoms. The summed E-state index contributed by atoms with van der Waals surface area (Å²) in [6.45, 7) is 0. The van der Waals surface area contributed by atoms with Crippen LogP contribution in [0.1, 0.15) is 10.4 Å². The van der Waals surface area contributed by atoms with Crippen LogP contribution in [0, 0.1) is 0 Å². The number of rotatable bonds is 3. The van der Waals surface area contributed by atoms with E-state index in [2.05, 4.69) is 21.1 Å². The Labute approximate surface area is 100 Å². The van der Waals surface area contributed by atoms with Gasteiger partial charge in [-0.1, -0.05) is 5.16 Å². The minimum atomic E-state index is 0.408. The number of aromatic nitrogens is 1. The van der Waals surface area contributed by atoms with Crippen LogP contribution in [0.3, 0.4) is 0 Å². The largest absolute Gasteiger partial charge is 0.497 e. The highest BCUT2D eigenvalue weighted by Gasteiger charge is 2.14.